The average Bonchev–Trinajstić information content (AvgIpc) is 2.79. The zero-order valence-electron chi connectivity index (χ0n) is 20.8. The van der Waals surface area contributed by atoms with Crippen molar-refractivity contribution in [3.05, 3.63) is 12.2 Å². The molecule has 0 nitrogen and oxygen atoms in total. The van der Waals surface area contributed by atoms with E-state index in [9.17, 15) is 0 Å². The van der Waals surface area contributed by atoms with Crippen LogP contribution >= 0.6 is 0 Å². The zero-order valence-corrected chi connectivity index (χ0v) is 20.8. The molecule has 0 saturated heterocycles. The Morgan fingerprint density at radius 3 is 1.37 bits per heavy atom. The van der Waals surface area contributed by atoms with Gasteiger partial charge in [-0.25, -0.2) is 0 Å². The van der Waals surface area contributed by atoms with Crippen molar-refractivity contribution in [2.75, 3.05) is 0 Å². The van der Waals surface area contributed by atoms with E-state index in [-0.39, 0.29) is 0 Å². The molecule has 0 N–H and O–H groups in total. The zero-order chi connectivity index (χ0) is 21.0. The van der Waals surface area contributed by atoms with Gasteiger partial charge in [-0.15, -0.1) is 0 Å². The van der Waals surface area contributed by atoms with Gasteiger partial charge in [0.25, 0.3) is 0 Å². The highest BCUT2D eigenvalue weighted by molar-refractivity contribution is 4.83. The van der Waals surface area contributed by atoms with E-state index in [1.165, 1.54) is 70.6 Å². The molecule has 0 aromatic rings. The normalized spacial score (nSPS) is 35.7. The molecule has 0 unspecified atom stereocenters. The first-order chi connectivity index (χ1) is 14.8. The summed E-state index contributed by atoms with van der Waals surface area (Å²) < 4.78 is 0. The van der Waals surface area contributed by atoms with E-state index in [0.29, 0.717) is 0 Å². The molecule has 0 heteroatoms. The van der Waals surface area contributed by atoms with Crippen molar-refractivity contribution in [2.24, 2.45) is 35.5 Å². The number of unbranched alkanes of at least 4 members (excludes halogenated alkanes) is 1. The van der Waals surface area contributed by atoms with Gasteiger partial charge in [0.05, 0.1) is 0 Å². The Balaban J connectivity index is 1.19. The Kier molecular flexibility index (Phi) is 11.4. The van der Waals surface area contributed by atoms with Gasteiger partial charge in [0.1, 0.15) is 0 Å². The minimum Gasteiger partial charge on any atom is -0.0917 e. The van der Waals surface area contributed by atoms with E-state index < -0.39 is 0 Å². The van der Waals surface area contributed by atoms with Gasteiger partial charge < -0.3 is 0 Å². The lowest BCUT2D eigenvalue weighted by molar-refractivity contribution is 0.140. The first-order valence-corrected chi connectivity index (χ1v) is 14.4. The molecule has 0 atom stereocenters. The molecule has 30 heavy (non-hydrogen) atoms. The smallest absolute Gasteiger partial charge is 0.0348 e. The molecular formula is C30H54. The van der Waals surface area contributed by atoms with Crippen LogP contribution in [0, 0.1) is 35.5 Å². The van der Waals surface area contributed by atoms with Gasteiger partial charge in [-0.1, -0.05) is 109 Å². The second kappa shape index (κ2) is 14.0. The summed E-state index contributed by atoms with van der Waals surface area (Å²) in [6.45, 7) is 4.52. The molecule has 3 aliphatic rings. The van der Waals surface area contributed by atoms with Crippen LogP contribution in [0.5, 0.6) is 0 Å². The Morgan fingerprint density at radius 2 is 0.933 bits per heavy atom. The molecule has 0 spiro atoms. The van der Waals surface area contributed by atoms with Crippen LogP contribution in [-0.4, -0.2) is 0 Å². The number of rotatable bonds is 11. The van der Waals surface area contributed by atoms with Crippen LogP contribution in [0.3, 0.4) is 0 Å². The van der Waals surface area contributed by atoms with Gasteiger partial charge in [-0.2, -0.15) is 0 Å². The minimum absolute atomic E-state index is 1.04. The molecule has 0 bridgehead atoms. The summed E-state index contributed by atoms with van der Waals surface area (Å²) in [5.41, 5.74) is 0. The van der Waals surface area contributed by atoms with Gasteiger partial charge >= 0.3 is 0 Å². The van der Waals surface area contributed by atoms with Crippen molar-refractivity contribution in [2.45, 2.75) is 142 Å². The lowest BCUT2D eigenvalue weighted by Crippen LogP contribution is -2.25. The van der Waals surface area contributed by atoms with Gasteiger partial charge in [-0.05, 0) is 81.0 Å². The summed E-state index contributed by atoms with van der Waals surface area (Å²) in [4.78, 5) is 0. The topological polar surface area (TPSA) is 0 Å². The van der Waals surface area contributed by atoms with Gasteiger partial charge in [-0.3, -0.25) is 0 Å². The standard InChI is InChI=1S/C30H54/c1-3-5-6-10-26-13-15-27(16-14-26)11-7-8-12-28-19-23-30(24-20-28)29-21-17-25(9-4-2)18-22-29/h3,5,25-30H,4,6-24H2,1-2H3. The largest absolute Gasteiger partial charge is 0.0917 e. The van der Waals surface area contributed by atoms with E-state index in [2.05, 4.69) is 26.0 Å². The molecule has 3 saturated carbocycles. The monoisotopic (exact) mass is 414 g/mol. The molecule has 3 fully saturated rings. The van der Waals surface area contributed by atoms with Crippen LogP contribution in [0.2, 0.25) is 0 Å². The molecule has 0 radical (unpaired) electrons. The summed E-state index contributed by atoms with van der Waals surface area (Å²) in [6, 6.07) is 0. The molecule has 0 heterocycles. The highest BCUT2D eigenvalue weighted by Crippen LogP contribution is 2.43. The molecular weight excluding hydrogens is 360 g/mol. The maximum Gasteiger partial charge on any atom is -0.0348 e. The van der Waals surface area contributed by atoms with E-state index >= 15 is 0 Å². The van der Waals surface area contributed by atoms with Crippen LogP contribution in [0.4, 0.5) is 0 Å². The van der Waals surface area contributed by atoms with Crippen molar-refractivity contribution >= 4 is 0 Å². The van der Waals surface area contributed by atoms with Crippen LogP contribution in [-0.2, 0) is 0 Å². The van der Waals surface area contributed by atoms with E-state index in [1.807, 2.05) is 0 Å². The maximum atomic E-state index is 2.37. The van der Waals surface area contributed by atoms with E-state index in [4.69, 9.17) is 0 Å². The van der Waals surface area contributed by atoms with Crippen molar-refractivity contribution in [3.8, 4) is 0 Å². The number of hydrogen-bond acceptors (Lipinski definition) is 0. The van der Waals surface area contributed by atoms with Crippen molar-refractivity contribution < 1.29 is 0 Å². The van der Waals surface area contributed by atoms with Crippen LogP contribution in [0.25, 0.3) is 0 Å². The average molecular weight is 415 g/mol. The van der Waals surface area contributed by atoms with E-state index in [0.717, 1.165) is 35.5 Å². The quantitative estimate of drug-likeness (QED) is 0.233. The third-order valence-electron chi connectivity index (χ3n) is 9.56. The van der Waals surface area contributed by atoms with Crippen LogP contribution < -0.4 is 0 Å². The van der Waals surface area contributed by atoms with Crippen molar-refractivity contribution in [3.63, 3.8) is 0 Å². The Bertz CT molecular complexity index is 439. The third-order valence-corrected chi connectivity index (χ3v) is 9.56. The highest BCUT2D eigenvalue weighted by Gasteiger charge is 2.30. The van der Waals surface area contributed by atoms with Crippen molar-refractivity contribution in [1.82, 2.24) is 0 Å². The molecule has 3 aliphatic carbocycles. The first kappa shape index (κ1) is 24.4. The summed E-state index contributed by atoms with van der Waals surface area (Å²) in [5, 5.41) is 0. The lowest BCUT2D eigenvalue weighted by atomic mass is 9.68. The number of allylic oxidation sites excluding steroid dienone is 2. The Hall–Kier alpha value is -0.260. The van der Waals surface area contributed by atoms with Crippen LogP contribution in [0.15, 0.2) is 12.2 Å². The molecule has 0 aromatic heterocycles. The third kappa shape index (κ3) is 8.35. The Morgan fingerprint density at radius 1 is 0.533 bits per heavy atom. The fourth-order valence-electron chi connectivity index (χ4n) is 7.48. The van der Waals surface area contributed by atoms with Crippen molar-refractivity contribution in [1.29, 1.82) is 0 Å². The maximum absolute atomic E-state index is 2.37. The summed E-state index contributed by atoms with van der Waals surface area (Å²) in [7, 11) is 0. The lowest BCUT2D eigenvalue weighted by Gasteiger charge is -2.38. The fraction of sp³-hybridized carbons (Fsp3) is 0.933. The first-order valence-electron chi connectivity index (χ1n) is 14.4. The minimum atomic E-state index is 1.04. The predicted octanol–water partition coefficient (Wildman–Crippen LogP) is 10.1. The summed E-state index contributed by atoms with van der Waals surface area (Å²) in [6.07, 6.45) is 35.0. The molecule has 3 rings (SSSR count). The SMILES string of the molecule is CC=CCCC1CCC(CCCCC2CCC(C3CCC(CCC)CC3)CC2)CC1. The summed E-state index contributed by atoms with van der Waals surface area (Å²) >= 11 is 0. The van der Waals surface area contributed by atoms with Crippen LogP contribution in [0.1, 0.15) is 142 Å². The molecule has 174 valence electrons. The second-order valence-electron chi connectivity index (χ2n) is 11.7. The fourth-order valence-corrected chi connectivity index (χ4v) is 7.48. The van der Waals surface area contributed by atoms with Gasteiger partial charge in [0.2, 0.25) is 0 Å². The highest BCUT2D eigenvalue weighted by atomic mass is 14.4. The molecule has 0 aliphatic heterocycles. The van der Waals surface area contributed by atoms with E-state index in [1.54, 1.807) is 57.8 Å². The summed E-state index contributed by atoms with van der Waals surface area (Å²) in [5.74, 6) is 6.48. The number of hydrogen-bond donors (Lipinski definition) is 0. The molecule has 0 aromatic carbocycles. The molecule has 0 amide bonds. The second-order valence-corrected chi connectivity index (χ2v) is 11.7. The Labute approximate surface area is 190 Å². The predicted molar refractivity (Wildman–Crippen MR) is 134 cm³/mol. The van der Waals surface area contributed by atoms with Gasteiger partial charge in [0.15, 0.2) is 0 Å². The van der Waals surface area contributed by atoms with Gasteiger partial charge in [0, 0.05) is 0 Å².